The molecule has 0 saturated carbocycles. The third-order valence-electron chi connectivity index (χ3n) is 2.99. The van der Waals surface area contributed by atoms with Crippen molar-refractivity contribution in [1.29, 1.82) is 0 Å². The predicted octanol–water partition coefficient (Wildman–Crippen LogP) is 2.87. The molecule has 1 aliphatic rings. The summed E-state index contributed by atoms with van der Waals surface area (Å²) in [5, 5.41) is 2.69. The van der Waals surface area contributed by atoms with E-state index in [2.05, 4.69) is 5.32 Å². The number of rotatable bonds is 4. The third-order valence-corrected chi connectivity index (χ3v) is 2.99. The zero-order valence-electron chi connectivity index (χ0n) is 10.7. The number of hydrogen-bond acceptors (Lipinski definition) is 3. The monoisotopic (exact) mass is 288 g/mol. The molecule has 0 aliphatic carbocycles. The van der Waals surface area contributed by atoms with Crippen LogP contribution in [0.5, 0.6) is 5.75 Å². The van der Waals surface area contributed by atoms with E-state index in [4.69, 9.17) is 10.5 Å². The van der Waals surface area contributed by atoms with Gasteiger partial charge in [-0.15, -0.1) is 0 Å². The Balaban J connectivity index is 1.97. The fourth-order valence-electron chi connectivity index (χ4n) is 2.00. The molecule has 1 aliphatic heterocycles. The van der Waals surface area contributed by atoms with Crippen LogP contribution < -0.4 is 15.8 Å². The standard InChI is InChI=1S/C13H15F3N2O2/c14-13(15,16)4-1-5-20-11-6-8-2-3-12(19)18-10(8)7-9(11)17/h6-7H,1-5,17H2,(H,18,19). The van der Waals surface area contributed by atoms with Gasteiger partial charge in [-0.1, -0.05) is 0 Å². The lowest BCUT2D eigenvalue weighted by Gasteiger charge is -2.19. The number of ether oxygens (including phenoxy) is 1. The Morgan fingerprint density at radius 2 is 2.05 bits per heavy atom. The van der Waals surface area contributed by atoms with E-state index in [9.17, 15) is 18.0 Å². The van der Waals surface area contributed by atoms with Crippen molar-refractivity contribution in [1.82, 2.24) is 0 Å². The van der Waals surface area contributed by atoms with Gasteiger partial charge < -0.3 is 15.8 Å². The molecule has 7 heteroatoms. The molecule has 0 unspecified atom stereocenters. The van der Waals surface area contributed by atoms with Gasteiger partial charge in [0, 0.05) is 18.5 Å². The fraction of sp³-hybridized carbons (Fsp3) is 0.462. The molecule has 20 heavy (non-hydrogen) atoms. The Morgan fingerprint density at radius 1 is 1.30 bits per heavy atom. The van der Waals surface area contributed by atoms with E-state index in [1.54, 1.807) is 12.1 Å². The number of amides is 1. The number of nitrogen functional groups attached to an aromatic ring is 1. The van der Waals surface area contributed by atoms with Crippen LogP contribution in [0, 0.1) is 0 Å². The van der Waals surface area contributed by atoms with Crippen molar-refractivity contribution in [2.24, 2.45) is 0 Å². The largest absolute Gasteiger partial charge is 0.491 e. The van der Waals surface area contributed by atoms with Crippen LogP contribution in [-0.2, 0) is 11.2 Å². The third kappa shape index (κ3) is 3.79. The second-order valence-corrected chi connectivity index (χ2v) is 4.66. The first-order valence-electron chi connectivity index (χ1n) is 6.27. The molecular weight excluding hydrogens is 273 g/mol. The van der Waals surface area contributed by atoms with Gasteiger partial charge in [0.1, 0.15) is 5.75 Å². The maximum absolute atomic E-state index is 12.0. The molecule has 1 heterocycles. The van der Waals surface area contributed by atoms with E-state index >= 15 is 0 Å². The van der Waals surface area contributed by atoms with Crippen LogP contribution in [0.2, 0.25) is 0 Å². The van der Waals surface area contributed by atoms with Crippen LogP contribution in [0.1, 0.15) is 24.8 Å². The van der Waals surface area contributed by atoms with Crippen molar-refractivity contribution in [3.63, 3.8) is 0 Å². The molecule has 0 atom stereocenters. The van der Waals surface area contributed by atoms with Crippen LogP contribution in [0.25, 0.3) is 0 Å². The highest BCUT2D eigenvalue weighted by Gasteiger charge is 2.26. The molecule has 1 aromatic carbocycles. The van der Waals surface area contributed by atoms with Gasteiger partial charge in [-0.25, -0.2) is 0 Å². The molecule has 3 N–H and O–H groups in total. The Bertz CT molecular complexity index is 515. The molecule has 0 radical (unpaired) electrons. The van der Waals surface area contributed by atoms with E-state index < -0.39 is 12.6 Å². The van der Waals surface area contributed by atoms with Gasteiger partial charge in [0.15, 0.2) is 0 Å². The fourth-order valence-corrected chi connectivity index (χ4v) is 2.00. The summed E-state index contributed by atoms with van der Waals surface area (Å²) >= 11 is 0. The number of hydrogen-bond donors (Lipinski definition) is 2. The Morgan fingerprint density at radius 3 is 2.75 bits per heavy atom. The topological polar surface area (TPSA) is 64.3 Å². The van der Waals surface area contributed by atoms with Crippen molar-refractivity contribution < 1.29 is 22.7 Å². The summed E-state index contributed by atoms with van der Waals surface area (Å²) in [5.74, 6) is 0.290. The van der Waals surface area contributed by atoms with Crippen LogP contribution in [0.15, 0.2) is 12.1 Å². The van der Waals surface area contributed by atoms with Crippen LogP contribution in [-0.4, -0.2) is 18.7 Å². The summed E-state index contributed by atoms with van der Waals surface area (Å²) in [6.45, 7) is -0.0468. The summed E-state index contributed by atoms with van der Waals surface area (Å²) in [6, 6.07) is 3.25. The van der Waals surface area contributed by atoms with Crippen molar-refractivity contribution in [2.75, 3.05) is 17.7 Å². The molecule has 1 amide bonds. The van der Waals surface area contributed by atoms with E-state index in [1.807, 2.05) is 0 Å². The van der Waals surface area contributed by atoms with Gasteiger partial charge >= 0.3 is 6.18 Å². The van der Waals surface area contributed by atoms with E-state index in [-0.39, 0.29) is 18.9 Å². The molecular formula is C13H15F3N2O2. The zero-order chi connectivity index (χ0) is 14.8. The first-order chi connectivity index (χ1) is 9.35. The van der Waals surface area contributed by atoms with Gasteiger partial charge in [0.05, 0.1) is 12.3 Å². The molecule has 2 rings (SSSR count). The number of nitrogens with two attached hydrogens (primary N) is 1. The lowest BCUT2D eigenvalue weighted by Crippen LogP contribution is -2.19. The summed E-state index contributed by atoms with van der Waals surface area (Å²) in [6.07, 6.45) is -4.22. The van der Waals surface area contributed by atoms with Crippen LogP contribution in [0.4, 0.5) is 24.5 Å². The summed E-state index contributed by atoms with van der Waals surface area (Å²) in [7, 11) is 0. The highest BCUT2D eigenvalue weighted by Crippen LogP contribution is 2.32. The molecule has 0 bridgehead atoms. The lowest BCUT2D eigenvalue weighted by molar-refractivity contribution is -0.136. The maximum Gasteiger partial charge on any atom is 0.389 e. The zero-order valence-corrected chi connectivity index (χ0v) is 10.7. The first kappa shape index (κ1) is 14.5. The number of anilines is 2. The van der Waals surface area contributed by atoms with Crippen LogP contribution >= 0.6 is 0 Å². The lowest BCUT2D eigenvalue weighted by atomic mass is 10.0. The second kappa shape index (κ2) is 5.60. The summed E-state index contributed by atoms with van der Waals surface area (Å²) in [4.78, 5) is 11.2. The van der Waals surface area contributed by atoms with Crippen molar-refractivity contribution in [3.05, 3.63) is 17.7 Å². The highest BCUT2D eigenvalue weighted by molar-refractivity contribution is 5.94. The number of carbonyl (C=O) groups is 1. The normalized spacial score (nSPS) is 14.7. The summed E-state index contributed by atoms with van der Waals surface area (Å²) in [5.41, 5.74) is 7.58. The Labute approximate surface area is 114 Å². The van der Waals surface area contributed by atoms with E-state index in [1.165, 1.54) is 0 Å². The minimum absolute atomic E-state index is 0.0468. The number of alkyl halides is 3. The SMILES string of the molecule is Nc1cc2c(cc1OCCCC(F)(F)F)CCC(=O)N2. The molecule has 0 fully saturated rings. The number of benzene rings is 1. The Hall–Kier alpha value is -1.92. The highest BCUT2D eigenvalue weighted by atomic mass is 19.4. The summed E-state index contributed by atoms with van der Waals surface area (Å²) < 4.78 is 41.3. The minimum Gasteiger partial charge on any atom is -0.491 e. The molecule has 0 spiro atoms. The van der Waals surface area contributed by atoms with Crippen molar-refractivity contribution in [3.8, 4) is 5.75 Å². The average Bonchev–Trinajstić information content (AvgIpc) is 2.34. The van der Waals surface area contributed by atoms with Gasteiger partial charge in [0.2, 0.25) is 5.91 Å². The van der Waals surface area contributed by atoms with E-state index in [0.29, 0.717) is 30.0 Å². The molecule has 0 aromatic heterocycles. The number of halogens is 3. The Kier molecular flexibility index (Phi) is 4.06. The smallest absolute Gasteiger partial charge is 0.389 e. The number of carbonyl (C=O) groups excluding carboxylic acids is 1. The molecule has 110 valence electrons. The average molecular weight is 288 g/mol. The van der Waals surface area contributed by atoms with Crippen molar-refractivity contribution >= 4 is 17.3 Å². The van der Waals surface area contributed by atoms with Gasteiger partial charge in [-0.2, -0.15) is 13.2 Å². The molecule has 0 saturated heterocycles. The minimum atomic E-state index is -4.17. The van der Waals surface area contributed by atoms with Crippen molar-refractivity contribution in [2.45, 2.75) is 31.9 Å². The number of fused-ring (bicyclic) bond motifs is 1. The number of aryl methyl sites for hydroxylation is 1. The van der Waals surface area contributed by atoms with E-state index in [0.717, 1.165) is 5.56 Å². The molecule has 4 nitrogen and oxygen atoms in total. The van der Waals surface area contributed by atoms with Gasteiger partial charge in [0.25, 0.3) is 0 Å². The predicted molar refractivity (Wildman–Crippen MR) is 68.6 cm³/mol. The molecule has 1 aromatic rings. The number of nitrogens with one attached hydrogen (secondary N) is 1. The van der Waals surface area contributed by atoms with Gasteiger partial charge in [-0.3, -0.25) is 4.79 Å². The second-order valence-electron chi connectivity index (χ2n) is 4.66. The van der Waals surface area contributed by atoms with Crippen LogP contribution in [0.3, 0.4) is 0 Å². The maximum atomic E-state index is 12.0. The first-order valence-corrected chi connectivity index (χ1v) is 6.27. The quantitative estimate of drug-likeness (QED) is 0.661. The van der Waals surface area contributed by atoms with Gasteiger partial charge in [-0.05, 0) is 30.5 Å².